The van der Waals surface area contributed by atoms with Crippen LogP contribution in [0.15, 0.2) is 18.2 Å². The first-order valence-electron chi connectivity index (χ1n) is 6.42. The molecule has 0 bridgehead atoms. The van der Waals surface area contributed by atoms with E-state index in [0.29, 0.717) is 23.9 Å². The highest BCUT2D eigenvalue weighted by molar-refractivity contribution is 5.96. The number of carbonyl (C=O) groups is 1. The molecule has 2 rings (SSSR count). The van der Waals surface area contributed by atoms with E-state index in [1.165, 1.54) is 0 Å². The number of ether oxygens (including phenoxy) is 1. The molecule has 1 heterocycles. The van der Waals surface area contributed by atoms with E-state index in [9.17, 15) is 4.79 Å². The maximum atomic E-state index is 12.0. The number of nitrogens with zero attached hydrogens (tertiary/aromatic N) is 2. The molecular weight excluding hydrogens is 242 g/mol. The van der Waals surface area contributed by atoms with E-state index in [0.717, 1.165) is 18.7 Å². The molecule has 5 nitrogen and oxygen atoms in total. The molecule has 1 aliphatic heterocycles. The van der Waals surface area contributed by atoms with Gasteiger partial charge in [0, 0.05) is 33.3 Å². The second kappa shape index (κ2) is 5.48. The molecule has 1 unspecified atom stereocenters. The van der Waals surface area contributed by atoms with Gasteiger partial charge in [0.15, 0.2) is 0 Å². The lowest BCUT2D eigenvalue weighted by atomic mass is 10.1. The molecule has 1 aromatic carbocycles. The molecule has 1 aliphatic rings. The second-order valence-corrected chi connectivity index (χ2v) is 5.10. The first kappa shape index (κ1) is 13.7. The molecular formula is C14H21N3O2. The quantitative estimate of drug-likeness (QED) is 0.832. The molecule has 1 amide bonds. The fourth-order valence-electron chi connectivity index (χ4n) is 2.26. The Morgan fingerprint density at radius 1 is 1.37 bits per heavy atom. The Labute approximate surface area is 113 Å². The fourth-order valence-corrected chi connectivity index (χ4v) is 2.26. The molecule has 2 N–H and O–H groups in total. The van der Waals surface area contributed by atoms with Gasteiger partial charge in [0.25, 0.3) is 5.91 Å². The van der Waals surface area contributed by atoms with Crippen molar-refractivity contribution < 1.29 is 9.53 Å². The number of amides is 1. The van der Waals surface area contributed by atoms with E-state index >= 15 is 0 Å². The van der Waals surface area contributed by atoms with Gasteiger partial charge in [-0.1, -0.05) is 0 Å². The van der Waals surface area contributed by atoms with Crippen molar-refractivity contribution in [2.24, 2.45) is 0 Å². The topological polar surface area (TPSA) is 58.8 Å². The van der Waals surface area contributed by atoms with Crippen LogP contribution in [0, 0.1) is 0 Å². The van der Waals surface area contributed by atoms with Crippen LogP contribution in [0.25, 0.3) is 0 Å². The number of carbonyl (C=O) groups excluding carboxylic acids is 1. The summed E-state index contributed by atoms with van der Waals surface area (Å²) in [7, 11) is 5.48. The third-order valence-corrected chi connectivity index (χ3v) is 3.52. The summed E-state index contributed by atoms with van der Waals surface area (Å²) in [6.45, 7) is 1.49. The number of hydrogen-bond donors (Lipinski definition) is 1. The standard InChI is InChI=1S/C14H21N3O2/c1-16(2)14(18)10-4-5-12(15)13(8-10)17(3)11-6-7-19-9-11/h4-5,8,11H,6-7,9,15H2,1-3H3. The number of benzene rings is 1. The normalized spacial score (nSPS) is 18.4. The predicted molar refractivity (Wildman–Crippen MR) is 76.5 cm³/mol. The number of nitrogens with two attached hydrogens (primary N) is 1. The van der Waals surface area contributed by atoms with Crippen LogP contribution in [0.5, 0.6) is 0 Å². The highest BCUT2D eigenvalue weighted by Gasteiger charge is 2.22. The maximum absolute atomic E-state index is 12.0. The largest absolute Gasteiger partial charge is 0.397 e. The van der Waals surface area contributed by atoms with E-state index in [4.69, 9.17) is 10.5 Å². The molecule has 0 spiro atoms. The minimum atomic E-state index is -0.0164. The third kappa shape index (κ3) is 2.81. The highest BCUT2D eigenvalue weighted by atomic mass is 16.5. The minimum Gasteiger partial charge on any atom is -0.397 e. The van der Waals surface area contributed by atoms with Gasteiger partial charge in [-0.05, 0) is 24.6 Å². The SMILES string of the molecule is CN(C)C(=O)c1ccc(N)c(N(C)C2CCOC2)c1. The van der Waals surface area contributed by atoms with Crippen molar-refractivity contribution >= 4 is 17.3 Å². The Morgan fingerprint density at radius 2 is 2.11 bits per heavy atom. The second-order valence-electron chi connectivity index (χ2n) is 5.10. The number of likely N-dealkylation sites (N-methyl/N-ethyl adjacent to an activating group) is 1. The van der Waals surface area contributed by atoms with E-state index in [2.05, 4.69) is 4.90 Å². The van der Waals surface area contributed by atoms with Crippen LogP contribution in [-0.2, 0) is 4.74 Å². The molecule has 1 atom stereocenters. The van der Waals surface area contributed by atoms with Gasteiger partial charge >= 0.3 is 0 Å². The van der Waals surface area contributed by atoms with Crippen molar-refractivity contribution in [2.75, 3.05) is 45.0 Å². The molecule has 1 aromatic rings. The molecule has 0 saturated carbocycles. The van der Waals surface area contributed by atoms with E-state index in [-0.39, 0.29) is 5.91 Å². The van der Waals surface area contributed by atoms with Crippen molar-refractivity contribution in [1.82, 2.24) is 4.90 Å². The van der Waals surface area contributed by atoms with Crippen LogP contribution in [0.4, 0.5) is 11.4 Å². The molecule has 1 fully saturated rings. The summed E-state index contributed by atoms with van der Waals surface area (Å²) < 4.78 is 5.40. The van der Waals surface area contributed by atoms with Gasteiger partial charge in [-0.2, -0.15) is 0 Å². The summed E-state index contributed by atoms with van der Waals surface area (Å²) in [5.41, 5.74) is 8.26. The average molecular weight is 263 g/mol. The van der Waals surface area contributed by atoms with Gasteiger partial charge in [0.1, 0.15) is 0 Å². The number of rotatable bonds is 3. The molecule has 0 aromatic heterocycles. The molecule has 1 saturated heterocycles. The van der Waals surface area contributed by atoms with Gasteiger partial charge in [-0.15, -0.1) is 0 Å². The zero-order valence-electron chi connectivity index (χ0n) is 11.7. The van der Waals surface area contributed by atoms with E-state index in [1.54, 1.807) is 31.1 Å². The monoisotopic (exact) mass is 263 g/mol. The van der Waals surface area contributed by atoms with Crippen molar-refractivity contribution in [3.63, 3.8) is 0 Å². The van der Waals surface area contributed by atoms with Crippen molar-refractivity contribution in [2.45, 2.75) is 12.5 Å². The summed E-state index contributed by atoms with van der Waals surface area (Å²) in [4.78, 5) is 15.7. The molecule has 0 aliphatic carbocycles. The van der Waals surface area contributed by atoms with Crippen LogP contribution < -0.4 is 10.6 Å². The van der Waals surface area contributed by atoms with E-state index < -0.39 is 0 Å². The summed E-state index contributed by atoms with van der Waals surface area (Å²) in [6, 6.07) is 5.74. The van der Waals surface area contributed by atoms with Crippen LogP contribution in [0.1, 0.15) is 16.8 Å². The summed E-state index contributed by atoms with van der Waals surface area (Å²) >= 11 is 0. The maximum Gasteiger partial charge on any atom is 0.253 e. The predicted octanol–water partition coefficient (Wildman–Crippen LogP) is 1.20. The van der Waals surface area contributed by atoms with Gasteiger partial charge in [-0.3, -0.25) is 4.79 Å². The first-order valence-corrected chi connectivity index (χ1v) is 6.42. The third-order valence-electron chi connectivity index (χ3n) is 3.52. The Bertz CT molecular complexity index is 468. The molecule has 104 valence electrons. The number of hydrogen-bond acceptors (Lipinski definition) is 4. The zero-order chi connectivity index (χ0) is 14.0. The van der Waals surface area contributed by atoms with E-state index in [1.807, 2.05) is 13.1 Å². The van der Waals surface area contributed by atoms with Crippen molar-refractivity contribution in [3.05, 3.63) is 23.8 Å². The molecule has 19 heavy (non-hydrogen) atoms. The smallest absolute Gasteiger partial charge is 0.253 e. The Hall–Kier alpha value is -1.75. The van der Waals surface area contributed by atoms with Gasteiger partial charge in [-0.25, -0.2) is 0 Å². The minimum absolute atomic E-state index is 0.0164. The Kier molecular flexibility index (Phi) is 3.95. The summed E-state index contributed by atoms with van der Waals surface area (Å²) in [5.74, 6) is -0.0164. The summed E-state index contributed by atoms with van der Waals surface area (Å²) in [5, 5.41) is 0. The number of nitrogen functional groups attached to an aromatic ring is 1. The van der Waals surface area contributed by atoms with Gasteiger partial charge < -0.3 is 20.3 Å². The van der Waals surface area contributed by atoms with Gasteiger partial charge in [0.2, 0.25) is 0 Å². The van der Waals surface area contributed by atoms with Crippen molar-refractivity contribution in [3.8, 4) is 0 Å². The van der Waals surface area contributed by atoms with Crippen LogP contribution in [0.2, 0.25) is 0 Å². The molecule has 0 radical (unpaired) electrons. The number of anilines is 2. The fraction of sp³-hybridized carbons (Fsp3) is 0.500. The zero-order valence-corrected chi connectivity index (χ0v) is 11.7. The Morgan fingerprint density at radius 3 is 2.68 bits per heavy atom. The summed E-state index contributed by atoms with van der Waals surface area (Å²) in [6.07, 6.45) is 0.988. The average Bonchev–Trinajstić information content (AvgIpc) is 2.91. The molecule has 5 heteroatoms. The Balaban J connectivity index is 2.28. The van der Waals surface area contributed by atoms with Crippen LogP contribution in [-0.4, -0.2) is 51.2 Å². The first-order chi connectivity index (χ1) is 9.00. The van der Waals surface area contributed by atoms with Crippen molar-refractivity contribution in [1.29, 1.82) is 0 Å². The lowest BCUT2D eigenvalue weighted by Crippen LogP contribution is -2.32. The van der Waals surface area contributed by atoms with Crippen LogP contribution in [0.3, 0.4) is 0 Å². The van der Waals surface area contributed by atoms with Crippen LogP contribution >= 0.6 is 0 Å². The lowest BCUT2D eigenvalue weighted by molar-refractivity contribution is 0.0827. The van der Waals surface area contributed by atoms with Gasteiger partial charge in [0.05, 0.1) is 24.0 Å². The highest BCUT2D eigenvalue weighted by Crippen LogP contribution is 2.27. The lowest BCUT2D eigenvalue weighted by Gasteiger charge is -2.27.